The molecule has 0 saturated carbocycles. The van der Waals surface area contributed by atoms with Crippen LogP contribution in [0.5, 0.6) is 5.75 Å². The van der Waals surface area contributed by atoms with Crippen molar-refractivity contribution in [3.05, 3.63) is 65.7 Å². The Labute approximate surface area is 117 Å². The molecule has 1 aliphatic heterocycles. The Bertz CT molecular complexity index is 594. The molecule has 0 aliphatic carbocycles. The van der Waals surface area contributed by atoms with Gasteiger partial charge in [-0.15, -0.1) is 0 Å². The number of rotatable bonds is 4. The predicted molar refractivity (Wildman–Crippen MR) is 77.5 cm³/mol. The van der Waals surface area contributed by atoms with E-state index in [1.165, 1.54) is 0 Å². The molecule has 3 rings (SSSR count). The molecular weight excluding hydrogens is 252 g/mol. The fourth-order valence-electron chi connectivity index (χ4n) is 2.09. The van der Waals surface area contributed by atoms with Crippen LogP contribution in [0.15, 0.2) is 59.6 Å². The molecule has 0 saturated heterocycles. The summed E-state index contributed by atoms with van der Waals surface area (Å²) in [6.07, 6.45) is 0. The lowest BCUT2D eigenvalue weighted by atomic mass is 10.1. The highest BCUT2D eigenvalue weighted by Gasteiger charge is 2.18. The van der Waals surface area contributed by atoms with Crippen LogP contribution in [-0.2, 0) is 11.3 Å². The Morgan fingerprint density at radius 3 is 2.50 bits per heavy atom. The van der Waals surface area contributed by atoms with Crippen LogP contribution in [0.3, 0.4) is 0 Å². The summed E-state index contributed by atoms with van der Waals surface area (Å²) in [5, 5.41) is 0. The van der Waals surface area contributed by atoms with Gasteiger partial charge in [-0.2, -0.15) is 0 Å². The van der Waals surface area contributed by atoms with Gasteiger partial charge in [-0.05, 0) is 23.3 Å². The van der Waals surface area contributed by atoms with Crippen molar-refractivity contribution in [1.82, 2.24) is 0 Å². The minimum atomic E-state index is -0.00169. The number of hydrogen-bond donors (Lipinski definition) is 1. The molecule has 2 aromatic rings. The summed E-state index contributed by atoms with van der Waals surface area (Å²) in [6.45, 7) is 1.08. The van der Waals surface area contributed by atoms with Crippen LogP contribution >= 0.6 is 0 Å². The average Bonchev–Trinajstić information content (AvgIpc) is 2.93. The summed E-state index contributed by atoms with van der Waals surface area (Å²) in [7, 11) is 0. The van der Waals surface area contributed by atoms with Crippen LogP contribution in [0.1, 0.15) is 17.2 Å². The highest BCUT2D eigenvalue weighted by molar-refractivity contribution is 5.73. The normalized spacial score (nSPS) is 17.4. The van der Waals surface area contributed by atoms with Crippen molar-refractivity contribution in [1.29, 1.82) is 0 Å². The zero-order valence-electron chi connectivity index (χ0n) is 11.0. The van der Waals surface area contributed by atoms with Gasteiger partial charge in [0.05, 0.1) is 0 Å². The molecule has 1 heterocycles. The smallest absolute Gasteiger partial charge is 0.282 e. The van der Waals surface area contributed by atoms with Crippen LogP contribution in [0.2, 0.25) is 0 Å². The van der Waals surface area contributed by atoms with Crippen molar-refractivity contribution >= 4 is 6.02 Å². The van der Waals surface area contributed by atoms with Crippen molar-refractivity contribution in [3.8, 4) is 5.75 Å². The molecule has 0 amide bonds. The molecule has 0 aromatic heterocycles. The first-order valence-corrected chi connectivity index (χ1v) is 6.54. The maximum atomic E-state index is 5.74. The fourth-order valence-corrected chi connectivity index (χ4v) is 2.09. The van der Waals surface area contributed by atoms with Crippen LogP contribution in [0, 0.1) is 0 Å². The Balaban J connectivity index is 1.62. The summed E-state index contributed by atoms with van der Waals surface area (Å²) in [5.41, 5.74) is 7.74. The third kappa shape index (κ3) is 2.91. The third-order valence-corrected chi connectivity index (χ3v) is 3.19. The molecule has 20 heavy (non-hydrogen) atoms. The predicted octanol–water partition coefficient (Wildman–Crippen LogP) is 2.65. The van der Waals surface area contributed by atoms with Crippen molar-refractivity contribution in [2.75, 3.05) is 6.61 Å². The maximum absolute atomic E-state index is 5.74. The van der Waals surface area contributed by atoms with Crippen LogP contribution in [-0.4, -0.2) is 12.6 Å². The summed E-state index contributed by atoms with van der Waals surface area (Å²) >= 11 is 0. The maximum Gasteiger partial charge on any atom is 0.282 e. The van der Waals surface area contributed by atoms with Crippen molar-refractivity contribution in [2.45, 2.75) is 12.6 Å². The van der Waals surface area contributed by atoms with E-state index in [1.807, 2.05) is 54.6 Å². The first-order chi connectivity index (χ1) is 9.81. The second-order valence-electron chi connectivity index (χ2n) is 4.64. The SMILES string of the molecule is NC1=NC(c2ccc(OCc3ccccc3)cc2)CO1. The molecule has 1 unspecified atom stereocenters. The van der Waals surface area contributed by atoms with Gasteiger partial charge >= 0.3 is 0 Å². The standard InChI is InChI=1S/C16H16N2O2/c17-16-18-15(11-20-16)13-6-8-14(9-7-13)19-10-12-4-2-1-3-5-12/h1-9,15H,10-11H2,(H2,17,18). The van der Waals surface area contributed by atoms with Crippen LogP contribution in [0.4, 0.5) is 0 Å². The summed E-state index contributed by atoms with van der Waals surface area (Å²) in [4.78, 5) is 4.21. The number of benzene rings is 2. The van der Waals surface area contributed by atoms with Crippen LogP contribution < -0.4 is 10.5 Å². The summed E-state index contributed by atoms with van der Waals surface area (Å²) < 4.78 is 10.9. The van der Waals surface area contributed by atoms with Gasteiger partial charge in [0, 0.05) is 0 Å². The largest absolute Gasteiger partial charge is 0.489 e. The molecule has 2 aromatic carbocycles. The molecule has 102 valence electrons. The van der Waals surface area contributed by atoms with Gasteiger partial charge in [-0.25, -0.2) is 4.99 Å². The Morgan fingerprint density at radius 1 is 1.10 bits per heavy atom. The van der Waals surface area contributed by atoms with Crippen molar-refractivity contribution in [2.24, 2.45) is 10.7 Å². The number of nitrogens with zero attached hydrogens (tertiary/aromatic N) is 1. The van der Waals surface area contributed by atoms with E-state index >= 15 is 0 Å². The van der Waals surface area contributed by atoms with Crippen molar-refractivity contribution in [3.63, 3.8) is 0 Å². The lowest BCUT2D eigenvalue weighted by Gasteiger charge is -2.09. The minimum Gasteiger partial charge on any atom is -0.489 e. The Kier molecular flexibility index (Phi) is 3.54. The van der Waals surface area contributed by atoms with Gasteiger partial charge in [0.15, 0.2) is 0 Å². The van der Waals surface area contributed by atoms with E-state index < -0.39 is 0 Å². The lowest BCUT2D eigenvalue weighted by Crippen LogP contribution is -2.10. The first-order valence-electron chi connectivity index (χ1n) is 6.54. The van der Waals surface area contributed by atoms with E-state index in [4.69, 9.17) is 15.2 Å². The first kappa shape index (κ1) is 12.5. The highest BCUT2D eigenvalue weighted by atomic mass is 16.5. The van der Waals surface area contributed by atoms with Gasteiger partial charge in [0.1, 0.15) is 25.0 Å². The van der Waals surface area contributed by atoms with E-state index in [9.17, 15) is 0 Å². The molecule has 4 nitrogen and oxygen atoms in total. The topological polar surface area (TPSA) is 56.8 Å². The zero-order valence-corrected chi connectivity index (χ0v) is 11.0. The van der Waals surface area contributed by atoms with E-state index in [-0.39, 0.29) is 12.1 Å². The van der Waals surface area contributed by atoms with E-state index in [1.54, 1.807) is 0 Å². The molecule has 0 bridgehead atoms. The quantitative estimate of drug-likeness (QED) is 0.927. The highest BCUT2D eigenvalue weighted by Crippen LogP contribution is 2.24. The second kappa shape index (κ2) is 5.65. The summed E-state index contributed by atoms with van der Waals surface area (Å²) in [5.74, 6) is 0.841. The molecule has 0 fully saturated rings. The number of nitrogens with two attached hydrogens (primary N) is 1. The van der Waals surface area contributed by atoms with Gasteiger partial charge in [0.2, 0.25) is 0 Å². The number of ether oxygens (including phenoxy) is 2. The lowest BCUT2D eigenvalue weighted by molar-refractivity contribution is 0.305. The average molecular weight is 268 g/mol. The Morgan fingerprint density at radius 2 is 1.85 bits per heavy atom. The van der Waals surface area contributed by atoms with Gasteiger partial charge in [-0.3, -0.25) is 0 Å². The third-order valence-electron chi connectivity index (χ3n) is 3.19. The molecule has 1 atom stereocenters. The van der Waals surface area contributed by atoms with Crippen LogP contribution in [0.25, 0.3) is 0 Å². The molecule has 0 spiro atoms. The van der Waals surface area contributed by atoms with E-state index in [2.05, 4.69) is 4.99 Å². The summed E-state index contributed by atoms with van der Waals surface area (Å²) in [6, 6.07) is 18.2. The van der Waals surface area contributed by atoms with Crippen molar-refractivity contribution < 1.29 is 9.47 Å². The number of aliphatic imine (C=N–C) groups is 1. The molecule has 1 aliphatic rings. The monoisotopic (exact) mass is 268 g/mol. The Hall–Kier alpha value is -2.49. The molecular formula is C16H16N2O2. The fraction of sp³-hybridized carbons (Fsp3) is 0.188. The zero-order chi connectivity index (χ0) is 13.8. The molecule has 0 radical (unpaired) electrons. The number of hydrogen-bond acceptors (Lipinski definition) is 4. The number of amidine groups is 1. The van der Waals surface area contributed by atoms with Gasteiger partial charge in [0.25, 0.3) is 6.02 Å². The van der Waals surface area contributed by atoms with E-state index in [0.717, 1.165) is 16.9 Å². The molecule has 4 heteroatoms. The van der Waals surface area contributed by atoms with Gasteiger partial charge in [-0.1, -0.05) is 42.5 Å². The van der Waals surface area contributed by atoms with E-state index in [0.29, 0.717) is 13.2 Å². The second-order valence-corrected chi connectivity index (χ2v) is 4.64. The molecule has 2 N–H and O–H groups in total. The van der Waals surface area contributed by atoms with Gasteiger partial charge < -0.3 is 15.2 Å². The minimum absolute atomic E-state index is 0.00169.